The highest BCUT2D eigenvalue weighted by Gasteiger charge is 2.20. The lowest BCUT2D eigenvalue weighted by Gasteiger charge is -2.18. The van der Waals surface area contributed by atoms with Crippen LogP contribution in [0.25, 0.3) is 110 Å². The molecule has 280 valence electrons. The summed E-state index contributed by atoms with van der Waals surface area (Å²) < 4.78 is 4.22. The summed E-state index contributed by atoms with van der Waals surface area (Å²) >= 11 is 0. The molecule has 0 bridgehead atoms. The molecule has 0 unspecified atom stereocenters. The van der Waals surface area contributed by atoms with Crippen molar-refractivity contribution in [2.45, 2.75) is 0 Å². The molecule has 2 heterocycles. The normalized spacial score (nSPS) is 11.7. The van der Waals surface area contributed by atoms with Crippen molar-refractivity contribution in [1.29, 1.82) is 0 Å². The van der Waals surface area contributed by atoms with E-state index in [-0.39, 0.29) is 5.56 Å². The molecule has 0 atom stereocenters. The molecule has 0 amide bonds. The first-order valence-corrected chi connectivity index (χ1v) is 20.5. The van der Waals surface area contributed by atoms with E-state index in [1.165, 1.54) is 43.8 Å². The topological polar surface area (TPSA) is 26.9 Å². The monoisotopic (exact) mass is 764 g/mol. The molecule has 0 fully saturated rings. The smallest absolute Gasteiger partial charge is 0.263 e. The Balaban J connectivity index is 1.13. The van der Waals surface area contributed by atoms with Crippen LogP contribution in [0.5, 0.6) is 0 Å². The molecule has 0 aliphatic heterocycles. The maximum atomic E-state index is 14.4. The van der Waals surface area contributed by atoms with Gasteiger partial charge in [-0.3, -0.25) is 9.36 Å². The molecule has 2 aromatic heterocycles. The molecule has 60 heavy (non-hydrogen) atoms. The maximum absolute atomic E-state index is 14.4. The summed E-state index contributed by atoms with van der Waals surface area (Å²) in [5, 5.41) is 9.85. The molecule has 0 aliphatic rings. The van der Waals surface area contributed by atoms with E-state index in [0.29, 0.717) is 5.39 Å². The molecule has 3 nitrogen and oxygen atoms in total. The van der Waals surface area contributed by atoms with Crippen LogP contribution in [0.4, 0.5) is 0 Å². The summed E-state index contributed by atoms with van der Waals surface area (Å²) in [6.45, 7) is 0. The number of hydrogen-bond donors (Lipinski definition) is 0. The Hall–Kier alpha value is -8.01. The minimum absolute atomic E-state index is 0.0242. The molecule has 0 saturated carbocycles. The van der Waals surface area contributed by atoms with E-state index >= 15 is 0 Å². The summed E-state index contributed by atoms with van der Waals surface area (Å²) in [6, 6.07) is 77.4. The van der Waals surface area contributed by atoms with Crippen molar-refractivity contribution in [3.63, 3.8) is 0 Å². The van der Waals surface area contributed by atoms with E-state index in [4.69, 9.17) is 0 Å². The zero-order valence-corrected chi connectivity index (χ0v) is 32.6. The molecular weight excluding hydrogens is 729 g/mol. The van der Waals surface area contributed by atoms with E-state index < -0.39 is 0 Å². The van der Waals surface area contributed by atoms with E-state index in [2.05, 4.69) is 187 Å². The predicted molar refractivity (Wildman–Crippen MR) is 253 cm³/mol. The molecule has 12 aromatic rings. The lowest BCUT2D eigenvalue weighted by molar-refractivity contribution is 1.06. The van der Waals surface area contributed by atoms with Crippen LogP contribution in [0.3, 0.4) is 0 Å². The highest BCUT2D eigenvalue weighted by Crippen LogP contribution is 2.45. The van der Waals surface area contributed by atoms with E-state index in [1.54, 1.807) is 0 Å². The molecule has 0 N–H and O–H groups in total. The molecule has 0 aliphatic carbocycles. The van der Waals surface area contributed by atoms with Gasteiger partial charge in [-0.1, -0.05) is 158 Å². The van der Waals surface area contributed by atoms with Crippen LogP contribution < -0.4 is 5.56 Å². The van der Waals surface area contributed by atoms with Crippen molar-refractivity contribution in [3.8, 4) is 44.8 Å². The van der Waals surface area contributed by atoms with Crippen LogP contribution in [-0.4, -0.2) is 9.13 Å². The Morgan fingerprint density at radius 3 is 1.37 bits per heavy atom. The van der Waals surface area contributed by atoms with Gasteiger partial charge in [0.05, 0.1) is 22.2 Å². The van der Waals surface area contributed by atoms with Crippen LogP contribution in [0.2, 0.25) is 0 Å². The fraction of sp³-hybridized carbons (Fsp3) is 0. The summed E-state index contributed by atoms with van der Waals surface area (Å²) in [6.07, 6.45) is 0. The average Bonchev–Trinajstić information content (AvgIpc) is 3.64. The highest BCUT2D eigenvalue weighted by atomic mass is 16.1. The van der Waals surface area contributed by atoms with Crippen molar-refractivity contribution < 1.29 is 0 Å². The number of benzene rings is 10. The van der Waals surface area contributed by atoms with Gasteiger partial charge in [0.1, 0.15) is 0 Å². The number of hydrogen-bond acceptors (Lipinski definition) is 1. The molecule has 10 aromatic carbocycles. The van der Waals surface area contributed by atoms with Gasteiger partial charge < -0.3 is 4.57 Å². The van der Waals surface area contributed by atoms with Crippen molar-refractivity contribution in [2.75, 3.05) is 0 Å². The van der Waals surface area contributed by atoms with Gasteiger partial charge in [-0.25, -0.2) is 0 Å². The summed E-state index contributed by atoms with van der Waals surface area (Å²) in [4.78, 5) is 14.4. The molecule has 3 heteroatoms. The summed E-state index contributed by atoms with van der Waals surface area (Å²) in [5.74, 6) is 0. The minimum Gasteiger partial charge on any atom is -0.309 e. The SMILES string of the molecule is O=c1c2ccccc2c2ccccc2n1-c1ccc2c(c1)c1cc(-c3ccc4c(-c5ccccc5)c5ccccc5c(-c5ccccc5)c4c3)ccc1n2-c1ccccc1. The number of aromatic nitrogens is 2. The van der Waals surface area contributed by atoms with Gasteiger partial charge in [-0.05, 0) is 121 Å². The number of nitrogens with zero attached hydrogens (tertiary/aromatic N) is 2. The standard InChI is InChI=1S/C57H36N2O/c60-57-48-26-13-10-22-43(48)44-23-14-15-27-52(44)59(57)42-30-33-54-50(36-42)49-34-40(29-32-53(49)58(54)41-20-8-3-9-21-41)39-28-31-47-51(35-39)56(38-18-6-2-7-19-38)46-25-12-11-24-45(46)55(47)37-16-4-1-5-17-37/h1-36H. The van der Waals surface area contributed by atoms with Crippen LogP contribution in [0.1, 0.15) is 0 Å². The minimum atomic E-state index is -0.0242. The lowest BCUT2D eigenvalue weighted by Crippen LogP contribution is -2.19. The van der Waals surface area contributed by atoms with Gasteiger partial charge in [0, 0.05) is 27.2 Å². The number of para-hydroxylation sites is 2. The molecule has 12 rings (SSSR count). The number of pyridine rings is 1. The second kappa shape index (κ2) is 13.5. The van der Waals surface area contributed by atoms with Crippen molar-refractivity contribution in [2.24, 2.45) is 0 Å². The first-order chi connectivity index (χ1) is 29.7. The van der Waals surface area contributed by atoms with Crippen molar-refractivity contribution in [1.82, 2.24) is 9.13 Å². The Labute approximate surface area is 346 Å². The molecule has 0 saturated heterocycles. The highest BCUT2D eigenvalue weighted by molar-refractivity contribution is 6.22. The quantitative estimate of drug-likeness (QED) is 0.127. The van der Waals surface area contributed by atoms with Gasteiger partial charge in [-0.2, -0.15) is 0 Å². The zero-order chi connectivity index (χ0) is 39.7. The van der Waals surface area contributed by atoms with Gasteiger partial charge in [0.25, 0.3) is 5.56 Å². The van der Waals surface area contributed by atoms with Crippen LogP contribution in [0.15, 0.2) is 223 Å². The fourth-order valence-corrected chi connectivity index (χ4v) is 9.66. The van der Waals surface area contributed by atoms with E-state index in [9.17, 15) is 4.79 Å². The van der Waals surface area contributed by atoms with Crippen LogP contribution in [-0.2, 0) is 0 Å². The predicted octanol–water partition coefficient (Wildman–Crippen LogP) is 14.5. The van der Waals surface area contributed by atoms with Crippen molar-refractivity contribution in [3.05, 3.63) is 229 Å². The lowest BCUT2D eigenvalue weighted by atomic mass is 9.85. The average molecular weight is 765 g/mol. The summed E-state index contributed by atoms with van der Waals surface area (Å²) in [5.41, 5.74) is 12.1. The van der Waals surface area contributed by atoms with Gasteiger partial charge in [0.15, 0.2) is 0 Å². The van der Waals surface area contributed by atoms with Crippen LogP contribution in [0, 0.1) is 0 Å². The second-order valence-electron chi connectivity index (χ2n) is 15.6. The first-order valence-electron chi connectivity index (χ1n) is 20.5. The maximum Gasteiger partial charge on any atom is 0.263 e. The van der Waals surface area contributed by atoms with Crippen molar-refractivity contribution >= 4 is 65.0 Å². The number of fused-ring (bicyclic) bond motifs is 8. The summed E-state index contributed by atoms with van der Waals surface area (Å²) in [7, 11) is 0. The third-order valence-electron chi connectivity index (χ3n) is 12.3. The second-order valence-corrected chi connectivity index (χ2v) is 15.6. The van der Waals surface area contributed by atoms with Crippen LogP contribution >= 0.6 is 0 Å². The Morgan fingerprint density at radius 2 is 0.700 bits per heavy atom. The number of rotatable bonds is 5. The Kier molecular flexibility index (Phi) is 7.69. The zero-order valence-electron chi connectivity index (χ0n) is 32.6. The largest absolute Gasteiger partial charge is 0.309 e. The molecule has 0 spiro atoms. The Bertz CT molecular complexity index is 3710. The third kappa shape index (κ3) is 5.19. The Morgan fingerprint density at radius 1 is 0.250 bits per heavy atom. The molecular formula is C57H36N2O. The first kappa shape index (κ1) is 34.1. The third-order valence-corrected chi connectivity index (χ3v) is 12.3. The van der Waals surface area contributed by atoms with E-state index in [1.807, 2.05) is 41.0 Å². The van der Waals surface area contributed by atoms with Gasteiger partial charge >= 0.3 is 0 Å². The van der Waals surface area contributed by atoms with Gasteiger partial charge in [0.2, 0.25) is 0 Å². The van der Waals surface area contributed by atoms with Gasteiger partial charge in [-0.15, -0.1) is 0 Å². The van der Waals surface area contributed by atoms with E-state index in [0.717, 1.165) is 60.6 Å². The fourth-order valence-electron chi connectivity index (χ4n) is 9.66. The molecule has 0 radical (unpaired) electrons.